The minimum atomic E-state index is 0.299. The van der Waals surface area contributed by atoms with Gasteiger partial charge in [-0.15, -0.1) is 11.8 Å². The number of hydrogen-bond acceptors (Lipinski definition) is 5. The van der Waals surface area contributed by atoms with E-state index < -0.39 is 0 Å². The first kappa shape index (κ1) is 18.7. The Morgan fingerprint density at radius 1 is 1.38 bits per heavy atom. The molecule has 0 bridgehead atoms. The smallest absolute Gasteiger partial charge is 0.191 e. The van der Waals surface area contributed by atoms with E-state index in [1.807, 2.05) is 22.5 Å². The van der Waals surface area contributed by atoms with E-state index in [1.54, 1.807) is 14.2 Å². The first-order valence-electron chi connectivity index (χ1n) is 8.85. The van der Waals surface area contributed by atoms with Gasteiger partial charge in [0, 0.05) is 43.8 Å². The lowest BCUT2D eigenvalue weighted by atomic mass is 10.1. The zero-order valence-corrected chi connectivity index (χ0v) is 16.1. The van der Waals surface area contributed by atoms with Crippen molar-refractivity contribution < 1.29 is 4.74 Å². The number of ether oxygens (including phenoxy) is 1. The maximum Gasteiger partial charge on any atom is 0.191 e. The van der Waals surface area contributed by atoms with Crippen molar-refractivity contribution in [2.75, 3.05) is 26.5 Å². The lowest BCUT2D eigenvalue weighted by Gasteiger charge is -2.25. The Balaban J connectivity index is 1.43. The molecule has 1 aromatic heterocycles. The molecule has 0 radical (unpaired) electrons. The molecule has 2 N–H and O–H groups in total. The molecule has 0 saturated carbocycles. The van der Waals surface area contributed by atoms with Crippen LogP contribution in [0.5, 0.6) is 0 Å². The summed E-state index contributed by atoms with van der Waals surface area (Å²) in [6.45, 7) is 2.12. The van der Waals surface area contributed by atoms with Crippen LogP contribution in [0.2, 0.25) is 0 Å². The molecule has 2 aromatic rings. The fourth-order valence-electron chi connectivity index (χ4n) is 2.91. The highest BCUT2D eigenvalue weighted by atomic mass is 32.2. The van der Waals surface area contributed by atoms with Gasteiger partial charge in [-0.05, 0) is 18.6 Å². The van der Waals surface area contributed by atoms with Crippen LogP contribution in [0.25, 0.3) is 0 Å². The topological polar surface area (TPSA) is 76.4 Å². The van der Waals surface area contributed by atoms with Crippen molar-refractivity contribution in [1.29, 1.82) is 0 Å². The van der Waals surface area contributed by atoms with E-state index in [0.29, 0.717) is 12.6 Å². The van der Waals surface area contributed by atoms with Crippen LogP contribution in [0.1, 0.15) is 18.1 Å². The average Bonchev–Trinajstić information content (AvgIpc) is 3.07. The summed E-state index contributed by atoms with van der Waals surface area (Å²) in [6.07, 6.45) is 1.93. The zero-order valence-electron chi connectivity index (χ0n) is 15.3. The number of aromatic nitrogens is 3. The van der Waals surface area contributed by atoms with Crippen molar-refractivity contribution in [3.63, 3.8) is 0 Å². The van der Waals surface area contributed by atoms with E-state index in [4.69, 9.17) is 4.74 Å². The molecule has 1 atom stereocenters. The van der Waals surface area contributed by atoms with E-state index in [2.05, 4.69) is 50.0 Å². The molecule has 0 amide bonds. The Kier molecular flexibility index (Phi) is 6.90. The molecule has 1 aliphatic rings. The van der Waals surface area contributed by atoms with Gasteiger partial charge < -0.3 is 15.4 Å². The number of aliphatic imine (C=N–C) groups is 1. The van der Waals surface area contributed by atoms with Crippen molar-refractivity contribution in [2.24, 2.45) is 4.99 Å². The second-order valence-corrected chi connectivity index (χ2v) is 7.27. The predicted octanol–water partition coefficient (Wildman–Crippen LogP) is 1.70. The standard InChI is InChI=1S/C18H26N6OS/c1-19-18(20-10-11-26-15-6-4-3-5-7-15)21-14-8-9-17-22-16(13-25-2)23-24(17)12-14/h3-7,14H,8-13H2,1-2H3,(H2,19,20,21). The van der Waals surface area contributed by atoms with Crippen molar-refractivity contribution in [1.82, 2.24) is 25.4 Å². The largest absolute Gasteiger partial charge is 0.377 e. The van der Waals surface area contributed by atoms with Gasteiger partial charge in [-0.25, -0.2) is 9.67 Å². The minimum absolute atomic E-state index is 0.299. The maximum absolute atomic E-state index is 5.12. The van der Waals surface area contributed by atoms with Gasteiger partial charge in [-0.3, -0.25) is 4.99 Å². The second kappa shape index (κ2) is 9.59. The lowest BCUT2D eigenvalue weighted by molar-refractivity contribution is 0.177. The number of hydrogen-bond donors (Lipinski definition) is 2. The van der Waals surface area contributed by atoms with Crippen LogP contribution >= 0.6 is 11.8 Å². The molecule has 7 nitrogen and oxygen atoms in total. The minimum Gasteiger partial charge on any atom is -0.377 e. The van der Waals surface area contributed by atoms with Crippen LogP contribution in [0.4, 0.5) is 0 Å². The van der Waals surface area contributed by atoms with Gasteiger partial charge in [-0.1, -0.05) is 18.2 Å². The van der Waals surface area contributed by atoms with Crippen molar-refractivity contribution in [3.05, 3.63) is 42.0 Å². The highest BCUT2D eigenvalue weighted by Crippen LogP contribution is 2.16. The van der Waals surface area contributed by atoms with Crippen LogP contribution in [0.3, 0.4) is 0 Å². The van der Waals surface area contributed by atoms with Crippen molar-refractivity contribution in [3.8, 4) is 0 Å². The van der Waals surface area contributed by atoms with E-state index >= 15 is 0 Å². The third-order valence-electron chi connectivity index (χ3n) is 4.15. The molecule has 1 unspecified atom stereocenters. The summed E-state index contributed by atoms with van der Waals surface area (Å²) in [6, 6.07) is 10.7. The second-order valence-electron chi connectivity index (χ2n) is 6.10. The van der Waals surface area contributed by atoms with Crippen molar-refractivity contribution in [2.45, 2.75) is 36.9 Å². The van der Waals surface area contributed by atoms with Crippen LogP contribution in [0, 0.1) is 0 Å². The number of thioether (sulfide) groups is 1. The molecule has 0 spiro atoms. The quantitative estimate of drug-likeness (QED) is 0.332. The Morgan fingerprint density at radius 2 is 2.23 bits per heavy atom. The Morgan fingerprint density at radius 3 is 3.00 bits per heavy atom. The molecule has 1 aromatic carbocycles. The van der Waals surface area contributed by atoms with Gasteiger partial charge in [-0.2, -0.15) is 5.10 Å². The van der Waals surface area contributed by atoms with Gasteiger partial charge in [0.05, 0.1) is 6.54 Å². The molecule has 0 fully saturated rings. The summed E-state index contributed by atoms with van der Waals surface area (Å²) in [5, 5.41) is 11.4. The highest BCUT2D eigenvalue weighted by molar-refractivity contribution is 7.99. The van der Waals surface area contributed by atoms with E-state index in [0.717, 1.165) is 49.3 Å². The molecular formula is C18H26N6OS. The predicted molar refractivity (Wildman–Crippen MR) is 105 cm³/mol. The van der Waals surface area contributed by atoms with Crippen LogP contribution in [0.15, 0.2) is 40.2 Å². The number of guanidine groups is 1. The fraction of sp³-hybridized carbons (Fsp3) is 0.500. The number of aryl methyl sites for hydroxylation is 1. The number of methoxy groups -OCH3 is 1. The Labute approximate surface area is 158 Å². The normalized spacial score (nSPS) is 17.0. The molecule has 0 aliphatic carbocycles. The van der Waals surface area contributed by atoms with Gasteiger partial charge >= 0.3 is 0 Å². The van der Waals surface area contributed by atoms with Crippen LogP contribution in [-0.2, 0) is 24.3 Å². The first-order chi connectivity index (χ1) is 12.8. The summed E-state index contributed by atoms with van der Waals surface area (Å²) in [4.78, 5) is 10.1. The Bertz CT molecular complexity index is 718. The summed E-state index contributed by atoms with van der Waals surface area (Å²) < 4.78 is 7.10. The molecule has 2 heterocycles. The number of nitrogens with zero attached hydrogens (tertiary/aromatic N) is 4. The Hall–Kier alpha value is -2.06. The summed E-state index contributed by atoms with van der Waals surface area (Å²) in [5.41, 5.74) is 0. The molecule has 140 valence electrons. The van der Waals surface area contributed by atoms with Crippen LogP contribution in [-0.4, -0.2) is 53.2 Å². The van der Waals surface area contributed by atoms with E-state index in [-0.39, 0.29) is 0 Å². The maximum atomic E-state index is 5.12. The van der Waals surface area contributed by atoms with Gasteiger partial charge in [0.1, 0.15) is 12.4 Å². The number of nitrogens with one attached hydrogen (secondary N) is 2. The fourth-order valence-corrected chi connectivity index (χ4v) is 3.70. The SMILES string of the molecule is CN=C(NCCSc1ccccc1)NC1CCc2nc(COC)nn2C1. The summed E-state index contributed by atoms with van der Waals surface area (Å²) in [7, 11) is 3.47. The third-order valence-corrected chi connectivity index (χ3v) is 5.16. The molecule has 0 saturated heterocycles. The molecule has 1 aliphatic heterocycles. The molecule has 3 rings (SSSR count). The lowest BCUT2D eigenvalue weighted by Crippen LogP contribution is -2.47. The number of benzene rings is 1. The molecular weight excluding hydrogens is 348 g/mol. The van der Waals surface area contributed by atoms with E-state index in [9.17, 15) is 0 Å². The van der Waals surface area contributed by atoms with Crippen LogP contribution < -0.4 is 10.6 Å². The van der Waals surface area contributed by atoms with Gasteiger partial charge in [0.15, 0.2) is 11.8 Å². The average molecular weight is 375 g/mol. The molecule has 8 heteroatoms. The molecule has 26 heavy (non-hydrogen) atoms. The third kappa shape index (κ3) is 5.22. The van der Waals surface area contributed by atoms with Gasteiger partial charge in [0.2, 0.25) is 0 Å². The first-order valence-corrected chi connectivity index (χ1v) is 9.83. The monoisotopic (exact) mass is 374 g/mol. The number of rotatable bonds is 7. The van der Waals surface area contributed by atoms with Gasteiger partial charge in [0.25, 0.3) is 0 Å². The van der Waals surface area contributed by atoms with E-state index in [1.165, 1.54) is 4.90 Å². The van der Waals surface area contributed by atoms with Crippen molar-refractivity contribution >= 4 is 17.7 Å². The summed E-state index contributed by atoms with van der Waals surface area (Å²) >= 11 is 1.84. The highest BCUT2D eigenvalue weighted by Gasteiger charge is 2.22. The number of fused-ring (bicyclic) bond motifs is 1. The summed E-state index contributed by atoms with van der Waals surface area (Å²) in [5.74, 6) is 3.62. The zero-order chi connectivity index (χ0) is 18.2.